The lowest BCUT2D eigenvalue weighted by molar-refractivity contribution is 0.0682. The highest BCUT2D eigenvalue weighted by Gasteiger charge is 2.22. The Labute approximate surface area is 153 Å². The van der Waals surface area contributed by atoms with Gasteiger partial charge in [0, 0.05) is 30.0 Å². The van der Waals surface area contributed by atoms with E-state index < -0.39 is 0 Å². The Morgan fingerprint density at radius 2 is 2.17 bits per heavy atom. The normalized spacial score (nSPS) is 17.1. The smallest absolute Gasteiger partial charge is 0.255 e. The van der Waals surface area contributed by atoms with Gasteiger partial charge in [0.2, 0.25) is 0 Å². The average Bonchev–Trinajstić information content (AvgIpc) is 2.55. The topological polar surface area (TPSA) is 45.2 Å². The summed E-state index contributed by atoms with van der Waals surface area (Å²) in [6, 6.07) is 11.1. The fourth-order valence-corrected chi connectivity index (χ4v) is 3.06. The molecule has 128 valence electrons. The molecule has 0 radical (unpaired) electrons. The average molecular weight is 366 g/mol. The number of hydrogen-bond acceptors (Lipinski definition) is 3. The number of halogens is 2. The maximum Gasteiger partial charge on any atom is 0.255 e. The van der Waals surface area contributed by atoms with Crippen LogP contribution in [0.25, 0.3) is 0 Å². The highest BCUT2D eigenvalue weighted by Crippen LogP contribution is 2.20. The number of carbonyl (C=O) groups excluding carboxylic acids is 1. The predicted octanol–water partition coefficient (Wildman–Crippen LogP) is 4.77. The molecule has 6 heteroatoms. The van der Waals surface area contributed by atoms with E-state index in [1.54, 1.807) is 6.20 Å². The number of likely N-dealkylation sites (tertiary alicyclic amines) is 1. The van der Waals surface area contributed by atoms with Crippen LogP contribution in [0, 0.1) is 5.92 Å². The van der Waals surface area contributed by atoms with E-state index in [1.165, 1.54) is 6.42 Å². The van der Waals surface area contributed by atoms with E-state index >= 15 is 0 Å². The minimum absolute atomic E-state index is 0. The van der Waals surface area contributed by atoms with Gasteiger partial charge < -0.3 is 10.2 Å². The first-order valence-electron chi connectivity index (χ1n) is 7.90. The molecule has 1 N–H and O–H groups in total. The summed E-state index contributed by atoms with van der Waals surface area (Å²) < 4.78 is 0. The van der Waals surface area contributed by atoms with Gasteiger partial charge in [-0.2, -0.15) is 0 Å². The molecule has 1 unspecified atom stereocenters. The van der Waals surface area contributed by atoms with E-state index in [-0.39, 0.29) is 18.3 Å². The molecule has 1 fully saturated rings. The number of rotatable bonds is 3. The second-order valence-electron chi connectivity index (χ2n) is 6.07. The first kappa shape index (κ1) is 18.6. The lowest BCUT2D eigenvalue weighted by atomic mass is 10.00. The Morgan fingerprint density at radius 1 is 1.33 bits per heavy atom. The zero-order valence-corrected chi connectivity index (χ0v) is 15.1. The standard InChI is InChI=1S/C18H20ClN3O.ClH/c1-13-4-3-9-22(12-13)18(23)14-7-8-17(20-11-14)21-16-6-2-5-15(19)10-16;/h2,5-8,10-11,13H,3-4,9,12H2,1H3,(H,20,21);1H. The third-order valence-electron chi connectivity index (χ3n) is 4.05. The number of pyridine rings is 1. The largest absolute Gasteiger partial charge is 0.340 e. The van der Waals surface area contributed by atoms with Gasteiger partial charge in [-0.3, -0.25) is 4.79 Å². The summed E-state index contributed by atoms with van der Waals surface area (Å²) in [5, 5.41) is 3.84. The Kier molecular flexibility index (Phi) is 6.46. The van der Waals surface area contributed by atoms with Crippen LogP contribution in [0.3, 0.4) is 0 Å². The second kappa shape index (κ2) is 8.36. The minimum Gasteiger partial charge on any atom is -0.340 e. The zero-order valence-electron chi connectivity index (χ0n) is 13.5. The Hall–Kier alpha value is -1.78. The molecule has 1 amide bonds. The van der Waals surface area contributed by atoms with E-state index in [4.69, 9.17) is 11.6 Å². The summed E-state index contributed by atoms with van der Waals surface area (Å²) in [6.45, 7) is 3.86. The van der Waals surface area contributed by atoms with Gasteiger partial charge in [0.15, 0.2) is 0 Å². The van der Waals surface area contributed by atoms with Crippen molar-refractivity contribution in [1.29, 1.82) is 0 Å². The summed E-state index contributed by atoms with van der Waals surface area (Å²) >= 11 is 5.97. The fraction of sp³-hybridized carbons (Fsp3) is 0.333. The maximum absolute atomic E-state index is 12.5. The minimum atomic E-state index is 0. The van der Waals surface area contributed by atoms with Crippen LogP contribution in [0.4, 0.5) is 11.5 Å². The Morgan fingerprint density at radius 3 is 2.83 bits per heavy atom. The lowest BCUT2D eigenvalue weighted by Crippen LogP contribution is -2.39. The van der Waals surface area contributed by atoms with Gasteiger partial charge in [-0.25, -0.2) is 4.98 Å². The van der Waals surface area contributed by atoms with E-state index in [0.29, 0.717) is 22.3 Å². The summed E-state index contributed by atoms with van der Waals surface area (Å²) in [6.07, 6.45) is 3.91. The SMILES string of the molecule is CC1CCCN(C(=O)c2ccc(Nc3cccc(Cl)c3)nc2)C1.Cl. The second-order valence-corrected chi connectivity index (χ2v) is 6.50. The van der Waals surface area contributed by atoms with Crippen molar-refractivity contribution in [2.24, 2.45) is 5.92 Å². The van der Waals surface area contributed by atoms with Gasteiger partial charge in [0.1, 0.15) is 5.82 Å². The molecule has 1 aliphatic heterocycles. The van der Waals surface area contributed by atoms with Gasteiger partial charge in [-0.1, -0.05) is 24.6 Å². The van der Waals surface area contributed by atoms with Gasteiger partial charge in [-0.05, 0) is 49.1 Å². The van der Waals surface area contributed by atoms with Crippen LogP contribution >= 0.6 is 24.0 Å². The number of amides is 1. The van der Waals surface area contributed by atoms with E-state index in [9.17, 15) is 4.79 Å². The van der Waals surface area contributed by atoms with Crippen LogP contribution < -0.4 is 5.32 Å². The molecule has 1 atom stereocenters. The molecule has 1 aliphatic rings. The highest BCUT2D eigenvalue weighted by atomic mass is 35.5. The first-order valence-corrected chi connectivity index (χ1v) is 8.27. The first-order chi connectivity index (χ1) is 11.1. The number of benzene rings is 1. The molecule has 1 saturated heterocycles. The number of hydrogen-bond donors (Lipinski definition) is 1. The van der Waals surface area contributed by atoms with E-state index in [2.05, 4.69) is 17.2 Å². The van der Waals surface area contributed by atoms with Crippen molar-refractivity contribution in [2.75, 3.05) is 18.4 Å². The van der Waals surface area contributed by atoms with Crippen LogP contribution in [0.5, 0.6) is 0 Å². The quantitative estimate of drug-likeness (QED) is 0.851. The monoisotopic (exact) mass is 365 g/mol. The van der Waals surface area contributed by atoms with E-state index in [0.717, 1.165) is 25.2 Å². The molecule has 0 aliphatic carbocycles. The highest BCUT2D eigenvalue weighted by molar-refractivity contribution is 6.30. The van der Waals surface area contributed by atoms with Crippen molar-refractivity contribution < 1.29 is 4.79 Å². The van der Waals surface area contributed by atoms with Crippen LogP contribution in [-0.4, -0.2) is 28.9 Å². The number of aromatic nitrogens is 1. The summed E-state index contributed by atoms with van der Waals surface area (Å²) in [4.78, 5) is 18.8. The molecular formula is C18H21Cl2N3O. The van der Waals surface area contributed by atoms with Crippen molar-refractivity contribution >= 4 is 41.4 Å². The van der Waals surface area contributed by atoms with Crippen LogP contribution in [0.15, 0.2) is 42.6 Å². The number of piperidine rings is 1. The molecule has 0 saturated carbocycles. The summed E-state index contributed by atoms with van der Waals surface area (Å²) in [7, 11) is 0. The molecular weight excluding hydrogens is 345 g/mol. The van der Waals surface area contributed by atoms with Gasteiger partial charge in [0.25, 0.3) is 5.91 Å². The van der Waals surface area contributed by atoms with Crippen molar-refractivity contribution in [3.8, 4) is 0 Å². The third kappa shape index (κ3) is 4.62. The summed E-state index contributed by atoms with van der Waals surface area (Å²) in [5.41, 5.74) is 1.50. The molecule has 4 nitrogen and oxygen atoms in total. The molecule has 1 aromatic heterocycles. The molecule has 0 spiro atoms. The fourth-order valence-electron chi connectivity index (χ4n) is 2.86. The number of carbonyl (C=O) groups is 1. The third-order valence-corrected chi connectivity index (χ3v) is 4.29. The maximum atomic E-state index is 12.5. The Bertz CT molecular complexity index is 691. The lowest BCUT2D eigenvalue weighted by Gasteiger charge is -2.30. The molecule has 2 heterocycles. The zero-order chi connectivity index (χ0) is 16.2. The summed E-state index contributed by atoms with van der Waals surface area (Å²) in [5.74, 6) is 1.33. The van der Waals surface area contributed by atoms with Crippen molar-refractivity contribution in [3.63, 3.8) is 0 Å². The van der Waals surface area contributed by atoms with Crippen molar-refractivity contribution in [2.45, 2.75) is 19.8 Å². The van der Waals surface area contributed by atoms with Crippen LogP contribution in [0.2, 0.25) is 5.02 Å². The van der Waals surface area contributed by atoms with Gasteiger partial charge in [-0.15, -0.1) is 12.4 Å². The molecule has 3 rings (SSSR count). The molecule has 1 aromatic carbocycles. The van der Waals surface area contributed by atoms with Crippen LogP contribution in [-0.2, 0) is 0 Å². The number of nitrogens with one attached hydrogen (secondary N) is 1. The molecule has 24 heavy (non-hydrogen) atoms. The number of anilines is 2. The van der Waals surface area contributed by atoms with Crippen molar-refractivity contribution in [1.82, 2.24) is 9.88 Å². The predicted molar refractivity (Wildman–Crippen MR) is 101 cm³/mol. The van der Waals surface area contributed by atoms with Crippen LogP contribution in [0.1, 0.15) is 30.1 Å². The van der Waals surface area contributed by atoms with E-state index in [1.807, 2.05) is 41.3 Å². The van der Waals surface area contributed by atoms with Crippen molar-refractivity contribution in [3.05, 3.63) is 53.2 Å². The molecule has 2 aromatic rings. The van der Waals surface area contributed by atoms with Gasteiger partial charge >= 0.3 is 0 Å². The molecule has 0 bridgehead atoms. The Balaban J connectivity index is 0.00000208. The van der Waals surface area contributed by atoms with Gasteiger partial charge in [0.05, 0.1) is 5.56 Å². The number of nitrogens with zero attached hydrogens (tertiary/aromatic N) is 2.